The predicted molar refractivity (Wildman–Crippen MR) is 116 cm³/mol. The average Bonchev–Trinajstić information content (AvgIpc) is 3.11. The number of carbonyl (C=O) groups is 3. The number of likely N-dealkylation sites (tertiary alicyclic amines) is 2. The van der Waals surface area contributed by atoms with Crippen LogP contribution in [0.4, 0.5) is 28.4 Å². The number of nitrogens with one attached hydrogen (secondary N) is 2. The van der Waals surface area contributed by atoms with Gasteiger partial charge >= 0.3 is 18.4 Å². The van der Waals surface area contributed by atoms with Crippen molar-refractivity contribution in [2.45, 2.75) is 25.6 Å². The summed E-state index contributed by atoms with van der Waals surface area (Å²) in [7, 11) is 0. The second-order valence-corrected chi connectivity index (χ2v) is 8.85. The Kier molecular flexibility index (Phi) is 7.03. The Morgan fingerprint density at radius 2 is 1.74 bits per heavy atom. The molecule has 0 radical (unpaired) electrons. The van der Waals surface area contributed by atoms with Gasteiger partial charge in [0, 0.05) is 57.9 Å². The molecule has 3 aliphatic heterocycles. The standard InChI is InChI=1S/C22H28F3N5O4/c23-22(24,25)34-18-3-1-17(2-4-18)27-21(33)30-9-5-15-13-19(31)28(8-6-16(15)14-30)11-12-29-10-7-26-20(29)32/h1-4,15-16H,5-14H2,(H,26,32)(H,27,33)/t15-,16+/m1/s1. The molecule has 0 aromatic heterocycles. The van der Waals surface area contributed by atoms with Crippen LogP contribution in [-0.4, -0.2) is 84.8 Å². The monoisotopic (exact) mass is 483 g/mol. The molecule has 2 N–H and O–H groups in total. The minimum Gasteiger partial charge on any atom is -0.406 e. The summed E-state index contributed by atoms with van der Waals surface area (Å²) in [6.45, 7) is 3.89. The zero-order valence-electron chi connectivity index (χ0n) is 18.6. The molecule has 1 aromatic carbocycles. The molecule has 9 nitrogen and oxygen atoms in total. The number of piperidine rings is 1. The maximum Gasteiger partial charge on any atom is 0.573 e. The van der Waals surface area contributed by atoms with Crippen LogP contribution in [0.2, 0.25) is 0 Å². The normalized spacial score (nSPS) is 23.3. The van der Waals surface area contributed by atoms with Crippen molar-refractivity contribution >= 4 is 23.7 Å². The highest BCUT2D eigenvalue weighted by molar-refractivity contribution is 5.89. The first kappa shape index (κ1) is 24.0. The summed E-state index contributed by atoms with van der Waals surface area (Å²) in [5.74, 6) is 0.122. The Balaban J connectivity index is 1.28. The molecule has 34 heavy (non-hydrogen) atoms. The molecule has 3 fully saturated rings. The van der Waals surface area contributed by atoms with Crippen molar-refractivity contribution in [1.29, 1.82) is 0 Å². The summed E-state index contributed by atoms with van der Waals surface area (Å²) in [6, 6.07) is 4.58. The maximum absolute atomic E-state index is 12.8. The van der Waals surface area contributed by atoms with Crippen LogP contribution < -0.4 is 15.4 Å². The zero-order valence-corrected chi connectivity index (χ0v) is 18.6. The van der Waals surface area contributed by atoms with E-state index in [1.165, 1.54) is 12.1 Å². The zero-order chi connectivity index (χ0) is 24.3. The van der Waals surface area contributed by atoms with E-state index >= 15 is 0 Å². The van der Waals surface area contributed by atoms with E-state index in [1.54, 1.807) is 9.80 Å². The largest absolute Gasteiger partial charge is 0.573 e. The molecule has 5 amide bonds. The second-order valence-electron chi connectivity index (χ2n) is 8.85. The summed E-state index contributed by atoms with van der Waals surface area (Å²) >= 11 is 0. The molecule has 186 valence electrons. The summed E-state index contributed by atoms with van der Waals surface area (Å²) in [4.78, 5) is 42.4. The van der Waals surface area contributed by atoms with Gasteiger partial charge in [-0.1, -0.05) is 0 Å². The van der Waals surface area contributed by atoms with E-state index in [2.05, 4.69) is 15.4 Å². The Morgan fingerprint density at radius 3 is 2.41 bits per heavy atom. The van der Waals surface area contributed by atoms with Crippen molar-refractivity contribution in [2.24, 2.45) is 11.8 Å². The van der Waals surface area contributed by atoms with Gasteiger partial charge in [-0.25, -0.2) is 9.59 Å². The minimum absolute atomic E-state index is 0.0890. The van der Waals surface area contributed by atoms with Gasteiger partial charge in [0.2, 0.25) is 5.91 Å². The van der Waals surface area contributed by atoms with Crippen LogP contribution >= 0.6 is 0 Å². The van der Waals surface area contributed by atoms with E-state index < -0.39 is 6.36 Å². The number of nitrogens with zero attached hydrogens (tertiary/aromatic N) is 3. The van der Waals surface area contributed by atoms with Crippen molar-refractivity contribution in [2.75, 3.05) is 51.1 Å². The third-order valence-electron chi connectivity index (χ3n) is 6.66. The van der Waals surface area contributed by atoms with Crippen LogP contribution in [-0.2, 0) is 4.79 Å². The van der Waals surface area contributed by atoms with Gasteiger partial charge < -0.3 is 30.1 Å². The molecule has 1 aromatic rings. The van der Waals surface area contributed by atoms with Gasteiger partial charge in [0.1, 0.15) is 5.75 Å². The lowest BCUT2D eigenvalue weighted by molar-refractivity contribution is -0.274. The molecule has 0 aliphatic carbocycles. The molecule has 3 saturated heterocycles. The number of urea groups is 2. The third kappa shape index (κ3) is 6.03. The fraction of sp³-hybridized carbons (Fsp3) is 0.591. The minimum atomic E-state index is -4.77. The summed E-state index contributed by atoms with van der Waals surface area (Å²) in [5, 5.41) is 5.47. The number of hydrogen-bond acceptors (Lipinski definition) is 4. The first-order valence-corrected chi connectivity index (χ1v) is 11.4. The number of ether oxygens (including phenoxy) is 1. The smallest absolute Gasteiger partial charge is 0.406 e. The third-order valence-corrected chi connectivity index (χ3v) is 6.66. The van der Waals surface area contributed by atoms with Crippen LogP contribution in [0.1, 0.15) is 19.3 Å². The lowest BCUT2D eigenvalue weighted by Crippen LogP contribution is -2.45. The van der Waals surface area contributed by atoms with Crippen LogP contribution in [0.3, 0.4) is 0 Å². The van der Waals surface area contributed by atoms with Crippen molar-refractivity contribution in [3.8, 4) is 5.75 Å². The van der Waals surface area contributed by atoms with Gasteiger partial charge in [-0.2, -0.15) is 0 Å². The molecule has 3 aliphatic rings. The van der Waals surface area contributed by atoms with Crippen LogP contribution in [0.15, 0.2) is 24.3 Å². The number of benzene rings is 1. The molecule has 0 spiro atoms. The average molecular weight is 483 g/mol. The highest BCUT2D eigenvalue weighted by atomic mass is 19.4. The fourth-order valence-electron chi connectivity index (χ4n) is 4.81. The lowest BCUT2D eigenvalue weighted by atomic mass is 9.82. The molecular formula is C22H28F3N5O4. The van der Waals surface area contributed by atoms with Gasteiger partial charge in [-0.05, 0) is 48.9 Å². The van der Waals surface area contributed by atoms with Gasteiger partial charge in [0.05, 0.1) is 0 Å². The number of halogens is 3. The number of anilines is 1. The fourth-order valence-corrected chi connectivity index (χ4v) is 4.81. The Bertz CT molecular complexity index is 911. The summed E-state index contributed by atoms with van der Waals surface area (Å²) < 4.78 is 40.7. The van der Waals surface area contributed by atoms with E-state index in [9.17, 15) is 27.6 Å². The van der Waals surface area contributed by atoms with Gasteiger partial charge in [0.25, 0.3) is 0 Å². The molecule has 4 rings (SSSR count). The van der Waals surface area contributed by atoms with Gasteiger partial charge in [-0.3, -0.25) is 4.79 Å². The van der Waals surface area contributed by atoms with Crippen LogP contribution in [0, 0.1) is 11.8 Å². The topological polar surface area (TPSA) is 94.2 Å². The van der Waals surface area contributed by atoms with Crippen molar-refractivity contribution < 1.29 is 32.3 Å². The number of rotatable bonds is 5. The maximum atomic E-state index is 12.8. The van der Waals surface area contributed by atoms with E-state index in [0.29, 0.717) is 64.3 Å². The summed E-state index contributed by atoms with van der Waals surface area (Å²) in [6.07, 6.45) is -2.85. The molecule has 12 heteroatoms. The van der Waals surface area contributed by atoms with Crippen molar-refractivity contribution in [1.82, 2.24) is 20.0 Å². The van der Waals surface area contributed by atoms with Gasteiger partial charge in [0.15, 0.2) is 0 Å². The lowest BCUT2D eigenvalue weighted by Gasteiger charge is -2.37. The van der Waals surface area contributed by atoms with E-state index in [0.717, 1.165) is 18.6 Å². The highest BCUT2D eigenvalue weighted by Crippen LogP contribution is 2.33. The molecule has 0 bridgehead atoms. The molecule has 2 atom stereocenters. The van der Waals surface area contributed by atoms with E-state index in [4.69, 9.17) is 0 Å². The molecule has 3 heterocycles. The SMILES string of the molecule is O=C1C[C@H]2CCN(C(=O)Nc3ccc(OC(F)(F)F)cc3)C[C@@H]2CCN1CCN1CCNC1=O. The Hall–Kier alpha value is -3.18. The Morgan fingerprint density at radius 1 is 1.03 bits per heavy atom. The van der Waals surface area contributed by atoms with E-state index in [-0.39, 0.29) is 35.6 Å². The number of alkyl halides is 3. The van der Waals surface area contributed by atoms with Crippen molar-refractivity contribution in [3.05, 3.63) is 24.3 Å². The molecule has 0 saturated carbocycles. The first-order chi connectivity index (χ1) is 16.2. The second kappa shape index (κ2) is 9.98. The molecular weight excluding hydrogens is 455 g/mol. The number of fused-ring (bicyclic) bond motifs is 1. The first-order valence-electron chi connectivity index (χ1n) is 11.4. The Labute approximate surface area is 195 Å². The van der Waals surface area contributed by atoms with Crippen molar-refractivity contribution in [3.63, 3.8) is 0 Å². The van der Waals surface area contributed by atoms with E-state index in [1.807, 2.05) is 4.90 Å². The number of carbonyl (C=O) groups excluding carboxylic acids is 3. The predicted octanol–water partition coefficient (Wildman–Crippen LogP) is 2.70. The highest BCUT2D eigenvalue weighted by Gasteiger charge is 2.36. The van der Waals surface area contributed by atoms with Crippen LogP contribution in [0.25, 0.3) is 0 Å². The van der Waals surface area contributed by atoms with Crippen LogP contribution in [0.5, 0.6) is 5.75 Å². The summed E-state index contributed by atoms with van der Waals surface area (Å²) in [5.41, 5.74) is 0.370. The number of hydrogen-bond donors (Lipinski definition) is 2. The number of amides is 5. The quantitative estimate of drug-likeness (QED) is 0.674. The molecule has 0 unspecified atom stereocenters. The van der Waals surface area contributed by atoms with Gasteiger partial charge in [-0.15, -0.1) is 13.2 Å².